The Morgan fingerprint density at radius 1 is 1.16 bits per heavy atom. The van der Waals surface area contributed by atoms with Crippen LogP contribution in [0.3, 0.4) is 0 Å². The molecule has 106 valence electrons. The molecule has 0 spiro atoms. The number of rotatable bonds is 5. The van der Waals surface area contributed by atoms with E-state index in [1.54, 1.807) is 0 Å². The average molecular weight is 325 g/mol. The predicted octanol–water partition coefficient (Wildman–Crippen LogP) is 5.53. The fourth-order valence-corrected chi connectivity index (χ4v) is 3.66. The maximum atomic E-state index is 6.20. The molecule has 0 bridgehead atoms. The van der Waals surface area contributed by atoms with Gasteiger partial charge in [-0.25, -0.2) is 0 Å². The van der Waals surface area contributed by atoms with Gasteiger partial charge in [-0.05, 0) is 30.4 Å². The van der Waals surface area contributed by atoms with Gasteiger partial charge in [-0.3, -0.25) is 0 Å². The molecule has 0 aromatic heterocycles. The Balaban J connectivity index is 2.05. The Kier molecular flexibility index (Phi) is 5.32. The van der Waals surface area contributed by atoms with Gasteiger partial charge in [0.25, 0.3) is 0 Å². The lowest BCUT2D eigenvalue weighted by Crippen LogP contribution is -2.32. The van der Waals surface area contributed by atoms with Crippen LogP contribution in [0.2, 0.25) is 0 Å². The van der Waals surface area contributed by atoms with Crippen LogP contribution >= 0.6 is 15.9 Å². The van der Waals surface area contributed by atoms with Gasteiger partial charge >= 0.3 is 0 Å². The van der Waals surface area contributed by atoms with Crippen molar-refractivity contribution in [2.45, 2.75) is 51.9 Å². The van der Waals surface area contributed by atoms with Gasteiger partial charge in [0.2, 0.25) is 0 Å². The first-order valence-electron chi connectivity index (χ1n) is 7.45. The van der Waals surface area contributed by atoms with Crippen LogP contribution in [0.5, 0.6) is 5.75 Å². The fourth-order valence-electron chi connectivity index (χ4n) is 2.94. The van der Waals surface area contributed by atoms with Gasteiger partial charge in [-0.1, -0.05) is 67.2 Å². The molecule has 19 heavy (non-hydrogen) atoms. The van der Waals surface area contributed by atoms with Crippen LogP contribution in [0.25, 0.3) is 0 Å². The second-order valence-electron chi connectivity index (χ2n) is 6.18. The van der Waals surface area contributed by atoms with Crippen LogP contribution < -0.4 is 4.74 Å². The zero-order chi connectivity index (χ0) is 13.7. The monoisotopic (exact) mass is 324 g/mol. The zero-order valence-electron chi connectivity index (χ0n) is 12.1. The van der Waals surface area contributed by atoms with Crippen molar-refractivity contribution in [1.82, 2.24) is 0 Å². The molecule has 1 aromatic rings. The summed E-state index contributed by atoms with van der Waals surface area (Å²) in [6.07, 6.45) is 6.67. The minimum Gasteiger partial charge on any atom is -0.493 e. The Morgan fingerprint density at radius 3 is 2.47 bits per heavy atom. The largest absolute Gasteiger partial charge is 0.493 e. The van der Waals surface area contributed by atoms with Crippen LogP contribution in [0, 0.1) is 5.41 Å². The van der Waals surface area contributed by atoms with Crippen LogP contribution in [-0.4, -0.2) is 11.9 Å². The molecule has 2 heteroatoms. The standard InChI is InChI=1S/C17H25BrO/c1-14(2)15-8-4-5-9-16(15)19-13-17(12-18)10-6-3-7-11-17/h4-5,8-9,14H,3,6-7,10-13H2,1-2H3. The summed E-state index contributed by atoms with van der Waals surface area (Å²) in [5, 5.41) is 1.06. The molecule has 0 N–H and O–H groups in total. The van der Waals surface area contributed by atoms with Gasteiger partial charge in [-0.2, -0.15) is 0 Å². The van der Waals surface area contributed by atoms with Gasteiger partial charge in [-0.15, -0.1) is 0 Å². The van der Waals surface area contributed by atoms with E-state index < -0.39 is 0 Å². The summed E-state index contributed by atoms with van der Waals surface area (Å²) < 4.78 is 6.20. The summed E-state index contributed by atoms with van der Waals surface area (Å²) in [4.78, 5) is 0. The second-order valence-corrected chi connectivity index (χ2v) is 6.74. The number of halogens is 1. The molecule has 0 atom stereocenters. The molecule has 0 amide bonds. The van der Waals surface area contributed by atoms with E-state index in [0.29, 0.717) is 11.3 Å². The van der Waals surface area contributed by atoms with Gasteiger partial charge in [0.1, 0.15) is 5.75 Å². The smallest absolute Gasteiger partial charge is 0.122 e. The first-order chi connectivity index (χ1) is 9.17. The van der Waals surface area contributed by atoms with E-state index in [1.165, 1.54) is 37.7 Å². The third-order valence-electron chi connectivity index (χ3n) is 4.27. The highest BCUT2D eigenvalue weighted by atomic mass is 79.9. The van der Waals surface area contributed by atoms with Gasteiger partial charge in [0, 0.05) is 10.7 Å². The number of hydrogen-bond acceptors (Lipinski definition) is 1. The second kappa shape index (κ2) is 6.78. The maximum absolute atomic E-state index is 6.20. The Bertz CT molecular complexity index is 394. The predicted molar refractivity (Wildman–Crippen MR) is 85.3 cm³/mol. The van der Waals surface area contributed by atoms with E-state index >= 15 is 0 Å². The third kappa shape index (κ3) is 3.75. The Morgan fingerprint density at radius 2 is 1.84 bits per heavy atom. The quantitative estimate of drug-likeness (QED) is 0.646. The normalized spacial score (nSPS) is 18.5. The maximum Gasteiger partial charge on any atom is 0.122 e. The summed E-state index contributed by atoms with van der Waals surface area (Å²) in [6.45, 7) is 5.30. The highest BCUT2D eigenvalue weighted by molar-refractivity contribution is 9.09. The average Bonchev–Trinajstić information content (AvgIpc) is 2.46. The Hall–Kier alpha value is -0.500. The van der Waals surface area contributed by atoms with Crippen molar-refractivity contribution < 1.29 is 4.74 Å². The van der Waals surface area contributed by atoms with Crippen LogP contribution in [0.15, 0.2) is 24.3 Å². The number of ether oxygens (including phenoxy) is 1. The summed E-state index contributed by atoms with van der Waals surface area (Å²) >= 11 is 3.71. The highest BCUT2D eigenvalue weighted by Crippen LogP contribution is 2.39. The van der Waals surface area contributed by atoms with Gasteiger partial charge < -0.3 is 4.74 Å². The topological polar surface area (TPSA) is 9.23 Å². The van der Waals surface area contributed by atoms with Crippen molar-refractivity contribution >= 4 is 15.9 Å². The van der Waals surface area contributed by atoms with Crippen molar-refractivity contribution in [2.75, 3.05) is 11.9 Å². The third-order valence-corrected chi connectivity index (χ3v) is 5.46. The molecule has 1 aliphatic rings. The van der Waals surface area contributed by atoms with Crippen molar-refractivity contribution in [3.05, 3.63) is 29.8 Å². The molecular formula is C17H25BrO. The first-order valence-corrected chi connectivity index (χ1v) is 8.57. The van der Waals surface area contributed by atoms with Crippen LogP contribution in [0.4, 0.5) is 0 Å². The molecule has 0 radical (unpaired) electrons. The molecule has 1 saturated carbocycles. The van der Waals surface area contributed by atoms with E-state index in [2.05, 4.69) is 54.0 Å². The van der Waals surface area contributed by atoms with Crippen molar-refractivity contribution in [3.8, 4) is 5.75 Å². The lowest BCUT2D eigenvalue weighted by atomic mass is 9.76. The molecule has 2 rings (SSSR count). The molecule has 0 aliphatic heterocycles. The molecule has 0 saturated heterocycles. The fraction of sp³-hybridized carbons (Fsp3) is 0.647. The number of para-hydroxylation sites is 1. The van der Waals surface area contributed by atoms with Crippen LogP contribution in [-0.2, 0) is 0 Å². The minimum atomic E-state index is 0.350. The molecule has 1 fully saturated rings. The summed E-state index contributed by atoms with van der Waals surface area (Å²) in [7, 11) is 0. The van der Waals surface area contributed by atoms with Crippen molar-refractivity contribution in [1.29, 1.82) is 0 Å². The SMILES string of the molecule is CC(C)c1ccccc1OCC1(CBr)CCCCC1. The number of hydrogen-bond donors (Lipinski definition) is 0. The molecule has 0 heterocycles. The Labute approximate surface area is 125 Å². The number of benzene rings is 1. The van der Waals surface area contributed by atoms with Crippen molar-refractivity contribution in [2.24, 2.45) is 5.41 Å². The molecule has 1 aromatic carbocycles. The summed E-state index contributed by atoms with van der Waals surface area (Å²) in [6, 6.07) is 8.47. The zero-order valence-corrected chi connectivity index (χ0v) is 13.7. The summed E-state index contributed by atoms with van der Waals surface area (Å²) in [5.74, 6) is 1.59. The van der Waals surface area contributed by atoms with Crippen molar-refractivity contribution in [3.63, 3.8) is 0 Å². The lowest BCUT2D eigenvalue weighted by Gasteiger charge is -2.35. The number of alkyl halides is 1. The lowest BCUT2D eigenvalue weighted by molar-refractivity contribution is 0.121. The minimum absolute atomic E-state index is 0.350. The van der Waals surface area contributed by atoms with Gasteiger partial charge in [0.15, 0.2) is 0 Å². The van der Waals surface area contributed by atoms with E-state index in [0.717, 1.165) is 17.7 Å². The highest BCUT2D eigenvalue weighted by Gasteiger charge is 2.32. The van der Waals surface area contributed by atoms with E-state index in [4.69, 9.17) is 4.74 Å². The first kappa shape index (κ1) is 14.9. The molecule has 0 unspecified atom stereocenters. The molecule has 1 nitrogen and oxygen atoms in total. The molecule has 1 aliphatic carbocycles. The van der Waals surface area contributed by atoms with Gasteiger partial charge in [0.05, 0.1) is 6.61 Å². The van der Waals surface area contributed by atoms with E-state index in [9.17, 15) is 0 Å². The molecular weight excluding hydrogens is 300 g/mol. The van der Waals surface area contributed by atoms with E-state index in [-0.39, 0.29) is 0 Å². The van der Waals surface area contributed by atoms with E-state index in [1.807, 2.05) is 0 Å². The van der Waals surface area contributed by atoms with Crippen LogP contribution in [0.1, 0.15) is 57.4 Å². The summed E-state index contributed by atoms with van der Waals surface area (Å²) in [5.41, 5.74) is 1.67.